The minimum absolute atomic E-state index is 0.0381. The molecular weight excluding hydrogens is 294 g/mol. The van der Waals surface area contributed by atoms with E-state index in [9.17, 15) is 4.79 Å². The first-order valence-corrected chi connectivity index (χ1v) is 8.51. The van der Waals surface area contributed by atoms with Gasteiger partial charge in [0.15, 0.2) is 0 Å². The lowest BCUT2D eigenvalue weighted by molar-refractivity contribution is 0.0937. The molecule has 0 spiro atoms. The van der Waals surface area contributed by atoms with E-state index < -0.39 is 0 Å². The van der Waals surface area contributed by atoms with Crippen molar-refractivity contribution in [2.45, 2.75) is 38.6 Å². The maximum absolute atomic E-state index is 12.3. The first-order valence-electron chi connectivity index (χ1n) is 7.63. The van der Waals surface area contributed by atoms with Gasteiger partial charge in [-0.2, -0.15) is 0 Å². The van der Waals surface area contributed by atoms with Crippen molar-refractivity contribution in [1.82, 2.24) is 10.3 Å². The second-order valence-corrected chi connectivity index (χ2v) is 6.31. The first-order chi connectivity index (χ1) is 10.6. The molecule has 3 N–H and O–H groups in total. The summed E-state index contributed by atoms with van der Waals surface area (Å²) in [6, 6.07) is 10.4. The molecule has 0 bridgehead atoms. The summed E-state index contributed by atoms with van der Waals surface area (Å²) in [5.74, 6) is -0.127. The molecule has 2 aromatic rings. The van der Waals surface area contributed by atoms with Crippen LogP contribution in [0, 0.1) is 0 Å². The molecule has 0 fully saturated rings. The predicted molar refractivity (Wildman–Crippen MR) is 91.0 cm³/mol. The predicted octanol–water partition coefficient (Wildman–Crippen LogP) is 3.09. The Hall–Kier alpha value is -1.72. The zero-order valence-electron chi connectivity index (χ0n) is 13.1. The molecule has 1 aromatic carbocycles. The third kappa shape index (κ3) is 3.54. The van der Waals surface area contributed by atoms with Gasteiger partial charge in [0, 0.05) is 23.9 Å². The molecule has 0 aliphatic rings. The number of hydrogen-bond donors (Lipinski definition) is 2. The van der Waals surface area contributed by atoms with Gasteiger partial charge in [-0.15, -0.1) is 11.3 Å². The van der Waals surface area contributed by atoms with Crippen LogP contribution in [0.1, 0.15) is 47.7 Å². The Morgan fingerprint density at radius 1 is 1.27 bits per heavy atom. The fourth-order valence-electron chi connectivity index (χ4n) is 2.65. The van der Waals surface area contributed by atoms with Crippen molar-refractivity contribution in [3.05, 3.63) is 52.0 Å². The first kappa shape index (κ1) is 16.6. The Morgan fingerprint density at radius 3 is 2.50 bits per heavy atom. The zero-order valence-corrected chi connectivity index (χ0v) is 14.0. The van der Waals surface area contributed by atoms with Gasteiger partial charge >= 0.3 is 0 Å². The topological polar surface area (TPSA) is 68.0 Å². The summed E-state index contributed by atoms with van der Waals surface area (Å²) in [5.41, 5.74) is 7.23. The largest absolute Gasteiger partial charge is 0.350 e. The molecule has 1 aromatic heterocycles. The molecule has 1 amide bonds. The van der Waals surface area contributed by atoms with Crippen LogP contribution in [-0.4, -0.2) is 17.4 Å². The summed E-state index contributed by atoms with van der Waals surface area (Å²) >= 11 is 1.42. The number of carbonyl (C=O) groups excluding carboxylic acids is 1. The number of amides is 1. The fourth-order valence-corrected chi connectivity index (χ4v) is 3.31. The molecule has 0 unspecified atom stereocenters. The van der Waals surface area contributed by atoms with Gasteiger partial charge in [-0.1, -0.05) is 44.2 Å². The van der Waals surface area contributed by atoms with Crippen LogP contribution in [0.15, 0.2) is 35.7 Å². The van der Waals surface area contributed by atoms with E-state index >= 15 is 0 Å². The molecule has 0 aliphatic carbocycles. The highest BCUT2D eigenvalue weighted by atomic mass is 32.1. The van der Waals surface area contributed by atoms with Gasteiger partial charge in [-0.3, -0.25) is 4.79 Å². The number of thiazole rings is 1. The molecule has 118 valence electrons. The van der Waals surface area contributed by atoms with E-state index in [1.165, 1.54) is 16.9 Å². The Bertz CT molecular complexity index is 605. The maximum atomic E-state index is 12.3. The van der Waals surface area contributed by atoms with E-state index in [1.807, 2.05) is 18.2 Å². The van der Waals surface area contributed by atoms with E-state index in [0.29, 0.717) is 18.8 Å². The number of aromatic nitrogens is 1. The lowest BCUT2D eigenvalue weighted by Gasteiger charge is -2.32. The second-order valence-electron chi connectivity index (χ2n) is 5.37. The number of rotatable bonds is 7. The van der Waals surface area contributed by atoms with E-state index in [-0.39, 0.29) is 11.3 Å². The van der Waals surface area contributed by atoms with E-state index in [4.69, 9.17) is 5.73 Å². The van der Waals surface area contributed by atoms with Crippen LogP contribution in [0.3, 0.4) is 0 Å². The SMILES string of the molecule is CCC(CC)(CNC(=O)c1csc(CN)n1)c1ccccc1. The molecular formula is C17H23N3OS. The van der Waals surface area contributed by atoms with Crippen LogP contribution in [0.5, 0.6) is 0 Å². The molecule has 0 aliphatic heterocycles. The lowest BCUT2D eigenvalue weighted by atomic mass is 9.76. The van der Waals surface area contributed by atoms with Gasteiger partial charge in [0.25, 0.3) is 5.91 Å². The normalized spacial score (nSPS) is 11.4. The molecule has 0 atom stereocenters. The third-order valence-corrected chi connectivity index (χ3v) is 5.16. The van der Waals surface area contributed by atoms with E-state index in [1.54, 1.807) is 5.38 Å². The van der Waals surface area contributed by atoms with E-state index in [0.717, 1.165) is 17.8 Å². The van der Waals surface area contributed by atoms with Crippen molar-refractivity contribution in [3.63, 3.8) is 0 Å². The van der Waals surface area contributed by atoms with Crippen LogP contribution in [0.25, 0.3) is 0 Å². The third-order valence-electron chi connectivity index (χ3n) is 4.29. The van der Waals surface area contributed by atoms with Crippen molar-refractivity contribution >= 4 is 17.2 Å². The number of nitrogens with one attached hydrogen (secondary N) is 1. The van der Waals surface area contributed by atoms with Crippen LogP contribution < -0.4 is 11.1 Å². The molecule has 0 saturated carbocycles. The lowest BCUT2D eigenvalue weighted by Crippen LogP contribution is -2.40. The van der Waals surface area contributed by atoms with E-state index in [2.05, 4.69) is 36.3 Å². The summed E-state index contributed by atoms with van der Waals surface area (Å²) in [6.45, 7) is 5.31. The minimum atomic E-state index is -0.127. The van der Waals surface area contributed by atoms with Crippen LogP contribution in [0.4, 0.5) is 0 Å². The molecule has 22 heavy (non-hydrogen) atoms. The Balaban J connectivity index is 2.10. The summed E-state index contributed by atoms with van der Waals surface area (Å²) in [7, 11) is 0. The number of hydrogen-bond acceptors (Lipinski definition) is 4. The monoisotopic (exact) mass is 317 g/mol. The summed E-state index contributed by atoms with van der Waals surface area (Å²) < 4.78 is 0. The van der Waals surface area contributed by atoms with Gasteiger partial charge in [0.05, 0.1) is 0 Å². The summed E-state index contributed by atoms with van der Waals surface area (Å²) in [5, 5.41) is 5.59. The van der Waals surface area contributed by atoms with Crippen molar-refractivity contribution < 1.29 is 4.79 Å². The summed E-state index contributed by atoms with van der Waals surface area (Å²) in [6.07, 6.45) is 1.94. The highest BCUT2D eigenvalue weighted by Crippen LogP contribution is 2.30. The average Bonchev–Trinajstić information content (AvgIpc) is 3.06. The van der Waals surface area contributed by atoms with Crippen molar-refractivity contribution in [3.8, 4) is 0 Å². The Labute approximate surface area is 135 Å². The summed E-state index contributed by atoms with van der Waals surface area (Å²) in [4.78, 5) is 16.5. The quantitative estimate of drug-likeness (QED) is 0.824. The number of nitrogens with two attached hydrogens (primary N) is 1. The molecule has 2 rings (SSSR count). The average molecular weight is 317 g/mol. The van der Waals surface area contributed by atoms with Crippen LogP contribution >= 0.6 is 11.3 Å². The Kier molecular flexibility index (Phi) is 5.69. The fraction of sp³-hybridized carbons (Fsp3) is 0.412. The molecule has 1 heterocycles. The van der Waals surface area contributed by atoms with Gasteiger partial charge in [0.2, 0.25) is 0 Å². The number of benzene rings is 1. The zero-order chi connectivity index (χ0) is 16.0. The van der Waals surface area contributed by atoms with Gasteiger partial charge in [0.1, 0.15) is 10.7 Å². The van der Waals surface area contributed by atoms with Crippen LogP contribution in [0.2, 0.25) is 0 Å². The van der Waals surface area contributed by atoms with Crippen molar-refractivity contribution in [1.29, 1.82) is 0 Å². The molecule has 0 radical (unpaired) electrons. The second kappa shape index (κ2) is 7.51. The van der Waals surface area contributed by atoms with Crippen LogP contribution in [-0.2, 0) is 12.0 Å². The number of carbonyl (C=O) groups is 1. The Morgan fingerprint density at radius 2 is 1.95 bits per heavy atom. The van der Waals surface area contributed by atoms with Gasteiger partial charge < -0.3 is 11.1 Å². The van der Waals surface area contributed by atoms with Crippen molar-refractivity contribution in [2.75, 3.05) is 6.54 Å². The molecule has 5 heteroatoms. The smallest absolute Gasteiger partial charge is 0.270 e. The molecule has 0 saturated heterocycles. The van der Waals surface area contributed by atoms with Crippen molar-refractivity contribution in [2.24, 2.45) is 5.73 Å². The highest BCUT2D eigenvalue weighted by molar-refractivity contribution is 7.09. The number of nitrogens with zero attached hydrogens (tertiary/aromatic N) is 1. The highest BCUT2D eigenvalue weighted by Gasteiger charge is 2.29. The van der Waals surface area contributed by atoms with Gasteiger partial charge in [-0.25, -0.2) is 4.98 Å². The standard InChI is InChI=1S/C17H23N3OS/c1-3-17(4-2,13-8-6-5-7-9-13)12-19-16(21)14-11-22-15(10-18)20-14/h5-9,11H,3-4,10,12,18H2,1-2H3,(H,19,21). The van der Waals surface area contributed by atoms with Gasteiger partial charge in [-0.05, 0) is 18.4 Å². The minimum Gasteiger partial charge on any atom is -0.350 e. The maximum Gasteiger partial charge on any atom is 0.270 e. The molecule has 4 nitrogen and oxygen atoms in total.